The average molecular weight is 1040 g/mol. The maximum atomic E-state index is 14.9. The van der Waals surface area contributed by atoms with E-state index in [0.717, 1.165) is 49.2 Å². The highest BCUT2D eigenvalue weighted by Crippen LogP contribution is 2.32. The number of benzene rings is 4. The fourth-order valence-electron chi connectivity index (χ4n) is 6.23. The summed E-state index contributed by atoms with van der Waals surface area (Å²) in [6.45, 7) is -1.54. The summed E-state index contributed by atoms with van der Waals surface area (Å²) in [5, 5.41) is 7.54. The Balaban J connectivity index is 0.000000254. The molecule has 0 spiro atoms. The van der Waals surface area contributed by atoms with Gasteiger partial charge in [-0.15, -0.1) is 0 Å². The summed E-state index contributed by atoms with van der Waals surface area (Å²) in [6, 6.07) is 12.8. The number of nitrogens with zero attached hydrogens (tertiary/aromatic N) is 6. The third-order valence-electron chi connectivity index (χ3n) is 9.59. The number of alkyl halides is 6. The number of nitrogens with two attached hydrogens (primary N) is 2. The van der Waals surface area contributed by atoms with Gasteiger partial charge in [-0.25, -0.2) is 25.6 Å². The molecule has 0 aliphatic heterocycles. The minimum atomic E-state index is -4.68. The Morgan fingerprint density at radius 2 is 0.926 bits per heavy atom. The summed E-state index contributed by atoms with van der Waals surface area (Å²) < 4.78 is 170. The molecule has 6 rings (SSSR count). The van der Waals surface area contributed by atoms with Crippen molar-refractivity contribution in [2.24, 2.45) is 11.5 Å². The minimum absolute atomic E-state index is 0.0660. The first-order valence-corrected chi connectivity index (χ1v) is 22.8. The van der Waals surface area contributed by atoms with Gasteiger partial charge >= 0.3 is 12.4 Å². The van der Waals surface area contributed by atoms with E-state index in [1.165, 1.54) is 48.5 Å². The zero-order valence-electron chi connectivity index (χ0n) is 34.3. The number of aromatic nitrogens is 4. The highest BCUT2D eigenvalue weighted by Gasteiger charge is 2.40. The van der Waals surface area contributed by atoms with Crippen molar-refractivity contribution < 1.29 is 70.6 Å². The molecule has 0 unspecified atom stereocenters. The highest BCUT2D eigenvalue weighted by atomic mass is 35.5. The Morgan fingerprint density at radius 3 is 1.19 bits per heavy atom. The Morgan fingerprint density at radius 1 is 0.588 bits per heavy atom. The van der Waals surface area contributed by atoms with Crippen LogP contribution >= 0.6 is 23.2 Å². The summed E-state index contributed by atoms with van der Waals surface area (Å²) in [5.74, 6) is -4.31. The molecule has 28 heteroatoms. The highest BCUT2D eigenvalue weighted by molar-refractivity contribution is 7.89. The lowest BCUT2D eigenvalue weighted by Crippen LogP contribution is -2.48. The van der Waals surface area contributed by atoms with Crippen LogP contribution in [0.2, 0.25) is 10.0 Å². The van der Waals surface area contributed by atoms with Gasteiger partial charge in [0, 0.05) is 58.2 Å². The Bertz CT molecular complexity index is 2700. The van der Waals surface area contributed by atoms with Crippen molar-refractivity contribution in [2.45, 2.75) is 73.0 Å². The third-order valence-corrected chi connectivity index (χ3v) is 13.8. The van der Waals surface area contributed by atoms with Crippen LogP contribution in [-0.2, 0) is 42.7 Å². The molecule has 16 nitrogen and oxygen atoms in total. The number of hydrogen-bond acceptors (Lipinski definition) is 12. The lowest BCUT2D eigenvalue weighted by atomic mass is 10.1. The third kappa shape index (κ3) is 14.0. The molecule has 0 radical (unpaired) electrons. The maximum Gasteiger partial charge on any atom is 0.389 e. The van der Waals surface area contributed by atoms with E-state index in [1.807, 2.05) is 0 Å². The summed E-state index contributed by atoms with van der Waals surface area (Å²) >= 11 is 11.6. The number of carbonyl (C=O) groups excluding carboxylic acids is 2. The van der Waals surface area contributed by atoms with Gasteiger partial charge in [0.1, 0.15) is 23.7 Å². The second kappa shape index (κ2) is 21.9. The minimum Gasteiger partial charge on any atom is -0.368 e. The van der Waals surface area contributed by atoms with Crippen LogP contribution in [0.15, 0.2) is 117 Å². The molecule has 0 aliphatic rings. The number of sulfonamides is 2. The largest absolute Gasteiger partial charge is 0.389 e. The lowest BCUT2D eigenvalue weighted by molar-refractivity contribution is -0.141. The van der Waals surface area contributed by atoms with Crippen molar-refractivity contribution in [2.75, 3.05) is 0 Å². The molecule has 0 saturated heterocycles. The second-order valence-corrected chi connectivity index (χ2v) is 18.9. The molecular formula is C40H34Cl2F8N8O8S2. The molecule has 68 heavy (non-hydrogen) atoms. The van der Waals surface area contributed by atoms with Gasteiger partial charge in [-0.3, -0.25) is 9.59 Å². The van der Waals surface area contributed by atoms with Crippen LogP contribution in [0, 0.1) is 11.6 Å². The summed E-state index contributed by atoms with van der Waals surface area (Å²) in [7, 11) is -9.20. The van der Waals surface area contributed by atoms with Crippen molar-refractivity contribution >= 4 is 55.1 Å². The standard InChI is InChI=1S/2C20H17ClF4N4O4S/c2*21-14-3-5-15(6-4-14)34(31,32)29(17(18(26)30)7-8-20(23,24)25)10-13-2-1-12(9-16(13)22)19-27-11-33-28-19/h2*1-6,9,11,17H,7-8,10H2,(H2,26,30)/t2*17-/m11/s1. The first-order chi connectivity index (χ1) is 31.8. The van der Waals surface area contributed by atoms with Crippen molar-refractivity contribution in [1.82, 2.24) is 28.9 Å². The summed E-state index contributed by atoms with van der Waals surface area (Å²) in [4.78, 5) is 31.0. The number of amides is 2. The van der Waals surface area contributed by atoms with Crippen LogP contribution in [0.1, 0.15) is 36.8 Å². The SMILES string of the molecule is NC(=O)[C@@H](CCC(F)(F)F)N(Cc1ccc(-c2ncon2)cc1F)S(=O)(=O)c1ccc(Cl)cc1.NC(=O)[C@@H](CCC(F)(F)F)N(Cc1ccc(-c2ncon2)cc1F)S(=O)(=O)c1ccc(Cl)cc1. The van der Waals surface area contributed by atoms with Gasteiger partial charge in [0.15, 0.2) is 0 Å². The molecule has 0 fully saturated rings. The Labute approximate surface area is 390 Å². The number of hydrogen-bond donors (Lipinski definition) is 2. The van der Waals surface area contributed by atoms with E-state index in [0.29, 0.717) is 8.61 Å². The van der Waals surface area contributed by atoms with Gasteiger partial charge in [0.05, 0.1) is 9.79 Å². The quantitative estimate of drug-likeness (QED) is 0.0783. The van der Waals surface area contributed by atoms with Crippen LogP contribution < -0.4 is 11.5 Å². The average Bonchev–Trinajstić information content (AvgIpc) is 4.00. The molecule has 4 aromatic carbocycles. The molecule has 2 aromatic heterocycles. The van der Waals surface area contributed by atoms with E-state index >= 15 is 0 Å². The molecule has 0 aliphatic carbocycles. The van der Waals surface area contributed by atoms with E-state index in [2.05, 4.69) is 29.3 Å². The van der Waals surface area contributed by atoms with Crippen molar-refractivity contribution in [3.05, 3.63) is 131 Å². The van der Waals surface area contributed by atoms with Gasteiger partial charge in [-0.1, -0.05) is 57.8 Å². The first kappa shape index (κ1) is 52.9. The second-order valence-electron chi connectivity index (χ2n) is 14.3. The number of primary amides is 2. The van der Waals surface area contributed by atoms with Crippen LogP contribution in [0.4, 0.5) is 35.1 Å². The molecular weight excluding hydrogens is 1010 g/mol. The monoisotopic (exact) mass is 1040 g/mol. The van der Waals surface area contributed by atoms with Crippen LogP contribution in [-0.4, -0.2) is 82.0 Å². The van der Waals surface area contributed by atoms with Crippen molar-refractivity contribution in [3.8, 4) is 22.8 Å². The topological polar surface area (TPSA) is 239 Å². The normalized spacial score (nSPS) is 13.2. The first-order valence-electron chi connectivity index (χ1n) is 19.1. The van der Waals surface area contributed by atoms with E-state index < -0.39 is 107 Å². The van der Waals surface area contributed by atoms with Gasteiger partial charge in [0.25, 0.3) is 0 Å². The zero-order chi connectivity index (χ0) is 50.2. The Hall–Kier alpha value is -6.06. The molecule has 0 bridgehead atoms. The predicted octanol–water partition coefficient (Wildman–Crippen LogP) is 7.83. The van der Waals surface area contributed by atoms with Crippen LogP contribution in [0.5, 0.6) is 0 Å². The van der Waals surface area contributed by atoms with Gasteiger partial charge < -0.3 is 20.5 Å². The smallest absolute Gasteiger partial charge is 0.368 e. The fraction of sp³-hybridized carbons (Fsp3) is 0.250. The molecule has 6 aromatic rings. The summed E-state index contributed by atoms with van der Waals surface area (Å²) in [5.41, 5.74) is 10.6. The number of halogens is 10. The number of carbonyl (C=O) groups is 2. The lowest BCUT2D eigenvalue weighted by Gasteiger charge is -2.29. The van der Waals surface area contributed by atoms with Gasteiger partial charge in [-0.2, -0.15) is 44.9 Å². The van der Waals surface area contributed by atoms with E-state index in [4.69, 9.17) is 34.7 Å². The van der Waals surface area contributed by atoms with E-state index in [-0.39, 0.29) is 53.7 Å². The van der Waals surface area contributed by atoms with Gasteiger partial charge in [0.2, 0.25) is 56.3 Å². The van der Waals surface area contributed by atoms with Crippen LogP contribution in [0.25, 0.3) is 22.8 Å². The molecule has 2 heterocycles. The zero-order valence-corrected chi connectivity index (χ0v) is 37.5. The van der Waals surface area contributed by atoms with Crippen molar-refractivity contribution in [3.63, 3.8) is 0 Å². The fourth-order valence-corrected chi connectivity index (χ4v) is 9.69. The predicted molar refractivity (Wildman–Crippen MR) is 224 cm³/mol. The van der Waals surface area contributed by atoms with Gasteiger partial charge in [-0.05, 0) is 73.5 Å². The van der Waals surface area contributed by atoms with E-state index in [9.17, 15) is 61.5 Å². The molecule has 2 amide bonds. The van der Waals surface area contributed by atoms with Crippen LogP contribution in [0.3, 0.4) is 0 Å². The Kier molecular flexibility index (Phi) is 17.1. The number of rotatable bonds is 18. The molecule has 2 atom stereocenters. The molecule has 4 N–H and O–H groups in total. The van der Waals surface area contributed by atoms with Crippen molar-refractivity contribution in [1.29, 1.82) is 0 Å². The summed E-state index contributed by atoms with van der Waals surface area (Å²) in [6.07, 6.45) is -12.2. The molecule has 0 saturated carbocycles. The van der Waals surface area contributed by atoms with E-state index in [1.54, 1.807) is 0 Å². The maximum absolute atomic E-state index is 14.9. The molecule has 364 valence electrons.